The molecule has 290 valence electrons. The van der Waals surface area contributed by atoms with E-state index in [2.05, 4.69) is 26.4 Å². The van der Waals surface area contributed by atoms with Crippen LogP contribution in [0.2, 0.25) is 0 Å². The highest BCUT2D eigenvalue weighted by Gasteiger charge is 2.35. The highest BCUT2D eigenvalue weighted by molar-refractivity contribution is 5.96. The Morgan fingerprint density at radius 2 is 1.46 bits per heavy atom. The Labute approximate surface area is 317 Å². The van der Waals surface area contributed by atoms with Crippen molar-refractivity contribution in [3.05, 3.63) is 88.7 Å². The molecule has 2 aromatic carbocycles. The zero-order chi connectivity index (χ0) is 39.7. The van der Waals surface area contributed by atoms with E-state index in [1.807, 2.05) is 57.3 Å². The van der Waals surface area contributed by atoms with Gasteiger partial charge in [0.15, 0.2) is 0 Å². The summed E-state index contributed by atoms with van der Waals surface area (Å²) in [6.07, 6.45) is 0.556. The quantitative estimate of drug-likeness (QED) is 0.286. The zero-order valence-corrected chi connectivity index (χ0v) is 32.5. The number of nitrogens with one attached hydrogen (secondary N) is 4. The Hall–Kier alpha value is -5.53. The van der Waals surface area contributed by atoms with E-state index >= 15 is 0 Å². The van der Waals surface area contributed by atoms with E-state index < -0.39 is 66.3 Å². The van der Waals surface area contributed by atoms with Crippen LogP contribution in [0.3, 0.4) is 0 Å². The number of aryl methyl sites for hydroxylation is 2. The van der Waals surface area contributed by atoms with E-state index in [4.69, 9.17) is 0 Å². The minimum Gasteiger partial charge on any atom is -0.346 e. The molecule has 4 rings (SSSR count). The molecule has 1 saturated heterocycles. The number of rotatable bonds is 7. The molecule has 0 unspecified atom stereocenters. The number of nitrogens with zero attached hydrogens (tertiary/aromatic N) is 4. The van der Waals surface area contributed by atoms with E-state index in [9.17, 15) is 28.8 Å². The van der Waals surface area contributed by atoms with Crippen LogP contribution in [0.5, 0.6) is 0 Å². The lowest BCUT2D eigenvalue weighted by Crippen LogP contribution is -2.59. The van der Waals surface area contributed by atoms with Crippen molar-refractivity contribution < 1.29 is 28.8 Å². The lowest BCUT2D eigenvalue weighted by Gasteiger charge is -2.33. The summed E-state index contributed by atoms with van der Waals surface area (Å²) in [7, 11) is 3.30. The first-order valence-electron chi connectivity index (χ1n) is 18.4. The lowest BCUT2D eigenvalue weighted by atomic mass is 10.0. The average molecular weight is 743 g/mol. The Morgan fingerprint density at radius 3 is 2.06 bits per heavy atom. The molecule has 14 nitrogen and oxygen atoms in total. The highest BCUT2D eigenvalue weighted by atomic mass is 16.2. The Kier molecular flexibility index (Phi) is 14.1. The molecule has 0 saturated carbocycles. The molecule has 1 aromatic heterocycles. The number of hydrogen-bond acceptors (Lipinski definition) is 7. The van der Waals surface area contributed by atoms with Crippen LogP contribution in [0.25, 0.3) is 0 Å². The monoisotopic (exact) mass is 742 g/mol. The van der Waals surface area contributed by atoms with Gasteiger partial charge < -0.3 is 31.1 Å². The number of benzene rings is 2. The molecule has 1 aliphatic rings. The normalized spacial score (nSPS) is 22.5. The third-order valence-corrected chi connectivity index (χ3v) is 10.1. The summed E-state index contributed by atoms with van der Waals surface area (Å²) in [6.45, 7) is 9.92. The van der Waals surface area contributed by atoms with E-state index in [0.29, 0.717) is 12.0 Å². The van der Waals surface area contributed by atoms with Crippen LogP contribution in [0.1, 0.15) is 68.2 Å². The molecule has 4 N–H and O–H groups in total. The third-order valence-electron chi connectivity index (χ3n) is 10.1. The zero-order valence-electron chi connectivity index (χ0n) is 32.5. The van der Waals surface area contributed by atoms with Gasteiger partial charge in [0.05, 0.1) is 18.3 Å². The van der Waals surface area contributed by atoms with Crippen molar-refractivity contribution in [3.63, 3.8) is 0 Å². The van der Waals surface area contributed by atoms with Crippen molar-refractivity contribution in [1.82, 2.24) is 40.8 Å². The second kappa shape index (κ2) is 18.5. The molecule has 5 atom stereocenters. The molecule has 6 amide bonds. The summed E-state index contributed by atoms with van der Waals surface area (Å²) >= 11 is 0. The standard InChI is InChI=1S/C40H54N8O6/c1-24(2)36-39(53)41-26(4)37(51)43-33(30-17-13-10-14-18-30)22-48(35(50)20-19-31-25(3)45-47(8)27(31)5)23-34(49)42-32(21-29-15-11-9-12-16-29)40(54)46(7)28(6)38(52)44-36/h9-18,24,26,28,32-33,36H,19-23H2,1-8H3,(H,41,53)(H,42,49)(H,43,51)(H,44,52)/t26-,28-,32-,33-,36+/m0/s1. The van der Waals surface area contributed by atoms with Crippen LogP contribution in [0, 0.1) is 19.8 Å². The van der Waals surface area contributed by atoms with Crippen LogP contribution in [0.15, 0.2) is 60.7 Å². The summed E-state index contributed by atoms with van der Waals surface area (Å²) in [5.41, 5.74) is 4.12. The van der Waals surface area contributed by atoms with Gasteiger partial charge in [0, 0.05) is 39.2 Å². The fourth-order valence-corrected chi connectivity index (χ4v) is 6.51. The maximum atomic E-state index is 14.1. The van der Waals surface area contributed by atoms with Crippen molar-refractivity contribution in [2.75, 3.05) is 20.1 Å². The Balaban J connectivity index is 1.75. The van der Waals surface area contributed by atoms with Crippen molar-refractivity contribution in [2.45, 2.75) is 91.0 Å². The van der Waals surface area contributed by atoms with E-state index in [0.717, 1.165) is 22.5 Å². The number of likely N-dealkylation sites (N-methyl/N-ethyl adjacent to an activating group) is 1. The molecule has 2 heterocycles. The number of amides is 6. The van der Waals surface area contributed by atoms with Gasteiger partial charge in [0.1, 0.15) is 24.2 Å². The topological polar surface area (TPSA) is 175 Å². The van der Waals surface area contributed by atoms with Crippen LogP contribution >= 0.6 is 0 Å². The van der Waals surface area contributed by atoms with Gasteiger partial charge in [0.25, 0.3) is 0 Å². The van der Waals surface area contributed by atoms with Crippen molar-refractivity contribution >= 4 is 35.4 Å². The third kappa shape index (κ3) is 10.5. The second-order valence-electron chi connectivity index (χ2n) is 14.4. The van der Waals surface area contributed by atoms with Gasteiger partial charge in [-0.1, -0.05) is 74.5 Å². The average Bonchev–Trinajstić information content (AvgIpc) is 3.39. The SMILES string of the molecule is Cc1nn(C)c(C)c1CCC(=O)N1CC(=O)N[C@@H](Cc2ccccc2)C(=O)N(C)[C@@H](C)C(=O)N[C@H](C(C)C)C(=O)N[C@@H](C)C(=O)N[C@H](c2ccccc2)C1. The van der Waals surface area contributed by atoms with Gasteiger partial charge in [-0.3, -0.25) is 33.4 Å². The van der Waals surface area contributed by atoms with Crippen LogP contribution in [-0.4, -0.2) is 99.3 Å². The number of carbonyl (C=O) groups excluding carboxylic acids is 6. The van der Waals surface area contributed by atoms with E-state index in [-0.39, 0.29) is 31.2 Å². The van der Waals surface area contributed by atoms with Gasteiger partial charge in [-0.15, -0.1) is 0 Å². The Morgan fingerprint density at radius 1 is 0.833 bits per heavy atom. The number of hydrogen-bond donors (Lipinski definition) is 4. The van der Waals surface area contributed by atoms with Gasteiger partial charge >= 0.3 is 0 Å². The van der Waals surface area contributed by atoms with Crippen LogP contribution in [0.4, 0.5) is 0 Å². The maximum Gasteiger partial charge on any atom is 0.245 e. The first kappa shape index (κ1) is 41.2. The Bertz CT molecular complexity index is 1810. The molecule has 1 fully saturated rings. The van der Waals surface area contributed by atoms with Gasteiger partial charge in [-0.05, 0) is 56.7 Å². The molecule has 0 radical (unpaired) electrons. The molecule has 54 heavy (non-hydrogen) atoms. The summed E-state index contributed by atoms with van der Waals surface area (Å²) < 4.78 is 1.76. The second-order valence-corrected chi connectivity index (χ2v) is 14.4. The predicted molar refractivity (Wildman–Crippen MR) is 204 cm³/mol. The predicted octanol–water partition coefficient (Wildman–Crippen LogP) is 1.89. The summed E-state index contributed by atoms with van der Waals surface area (Å²) in [5.74, 6) is -3.47. The van der Waals surface area contributed by atoms with E-state index in [1.165, 1.54) is 30.7 Å². The minimum absolute atomic E-state index is 0.0564. The number of carbonyl (C=O) groups is 6. The maximum absolute atomic E-state index is 14.1. The van der Waals surface area contributed by atoms with Crippen molar-refractivity contribution in [3.8, 4) is 0 Å². The lowest BCUT2D eigenvalue weighted by molar-refractivity contribution is -0.143. The summed E-state index contributed by atoms with van der Waals surface area (Å²) in [5, 5.41) is 15.8. The number of aromatic nitrogens is 2. The van der Waals surface area contributed by atoms with Crippen LogP contribution < -0.4 is 21.3 Å². The summed E-state index contributed by atoms with van der Waals surface area (Å²) in [6, 6.07) is 13.3. The molecule has 0 bridgehead atoms. The van der Waals surface area contributed by atoms with E-state index in [1.54, 1.807) is 42.8 Å². The van der Waals surface area contributed by atoms with Gasteiger partial charge in [-0.2, -0.15) is 5.10 Å². The first-order chi connectivity index (χ1) is 25.6. The van der Waals surface area contributed by atoms with Gasteiger partial charge in [-0.25, -0.2) is 0 Å². The molecule has 1 aliphatic heterocycles. The largest absolute Gasteiger partial charge is 0.346 e. The molecule has 14 heteroatoms. The smallest absolute Gasteiger partial charge is 0.245 e. The first-order valence-corrected chi connectivity index (χ1v) is 18.4. The van der Waals surface area contributed by atoms with Crippen LogP contribution in [-0.2, 0) is 48.7 Å². The van der Waals surface area contributed by atoms with Gasteiger partial charge in [0.2, 0.25) is 35.4 Å². The summed E-state index contributed by atoms with van der Waals surface area (Å²) in [4.78, 5) is 85.6. The molecular formula is C40H54N8O6. The molecular weight excluding hydrogens is 688 g/mol. The van der Waals surface area contributed by atoms with Crippen molar-refractivity contribution in [2.24, 2.45) is 13.0 Å². The minimum atomic E-state index is -1.09. The molecule has 0 spiro atoms. The fourth-order valence-electron chi connectivity index (χ4n) is 6.51. The highest BCUT2D eigenvalue weighted by Crippen LogP contribution is 2.19. The molecule has 3 aromatic rings. The fraction of sp³-hybridized carbons (Fsp3) is 0.475. The molecule has 0 aliphatic carbocycles. The van der Waals surface area contributed by atoms with Crippen molar-refractivity contribution in [1.29, 1.82) is 0 Å².